The number of aromatic hydroxyl groups is 2. The summed E-state index contributed by atoms with van der Waals surface area (Å²) in [6, 6.07) is 46.9. The quantitative estimate of drug-likeness (QED) is 0.00962. The molecule has 0 saturated carbocycles. The van der Waals surface area contributed by atoms with E-state index in [2.05, 4.69) is 13.1 Å². The van der Waals surface area contributed by atoms with Crippen molar-refractivity contribution < 1.29 is 138 Å². The minimum absolute atomic E-state index is 0.00481. The molecule has 0 spiro atoms. The number of hydrogen-bond acceptors (Lipinski definition) is 24. The summed E-state index contributed by atoms with van der Waals surface area (Å²) in [7, 11) is -12.2. The van der Waals surface area contributed by atoms with Gasteiger partial charge in [-0.2, -0.15) is 43.2 Å². The number of phenols is 2. The van der Waals surface area contributed by atoms with E-state index in [1.807, 2.05) is 76.2 Å². The molecular weight excluding hydrogens is 2010 g/mol. The van der Waals surface area contributed by atoms with Gasteiger partial charge in [-0.15, -0.1) is 0 Å². The largest absolute Gasteiger partial charge is 0.534 e. The van der Waals surface area contributed by atoms with Crippen LogP contribution in [0.25, 0.3) is 65.0 Å². The number of hydrogen-bond donors (Lipinski definition) is 3. The molecule has 3 atom stereocenters. The Morgan fingerprint density at radius 3 is 1.04 bits per heavy atom. The van der Waals surface area contributed by atoms with Crippen LogP contribution in [0.5, 0.6) is 23.0 Å². The Kier molecular flexibility index (Phi) is 40.4. The molecule has 0 aliphatic rings. The maximum absolute atomic E-state index is 13.1. The van der Waals surface area contributed by atoms with Crippen LogP contribution in [0.15, 0.2) is 170 Å². The van der Waals surface area contributed by atoms with Gasteiger partial charge in [-0.25, -0.2) is 24.0 Å². The Balaban J connectivity index is 0.000000231. The Morgan fingerprint density at radius 2 is 0.655 bits per heavy atom. The van der Waals surface area contributed by atoms with Crippen molar-refractivity contribution in [1.82, 2.24) is 0 Å². The molecule has 0 heterocycles. The lowest BCUT2D eigenvalue weighted by atomic mass is 9.88. The van der Waals surface area contributed by atoms with Gasteiger partial charge in [-0.3, -0.25) is 14.4 Å². The number of aryl methyl sites for hydroxylation is 5. The molecule has 24 nitrogen and oxygen atoms in total. The number of fused-ring (bicyclic) bond motifs is 5. The van der Waals surface area contributed by atoms with Gasteiger partial charge >= 0.3 is 61.1 Å². The van der Waals surface area contributed by atoms with E-state index >= 15 is 0 Å². The van der Waals surface area contributed by atoms with Gasteiger partial charge in [-0.05, 0) is 274 Å². The van der Waals surface area contributed by atoms with Crippen LogP contribution in [0.4, 0.5) is 26.3 Å². The van der Waals surface area contributed by atoms with Crippen LogP contribution < -0.4 is 8.37 Å². The normalized spacial score (nSPS) is 12.3. The van der Waals surface area contributed by atoms with Gasteiger partial charge in [0.1, 0.15) is 17.3 Å². The third-order valence-electron chi connectivity index (χ3n) is 19.6. The molecule has 0 amide bonds. The topological polar surface area (TPSA) is 349 Å². The maximum Gasteiger partial charge on any atom is 0.534 e. The number of Topliss-reactive ketones (excluding diaryl/α,β-unsaturated/α-hetero) is 3. The molecule has 0 aliphatic carbocycles. The lowest BCUT2D eigenvalue weighted by Crippen LogP contribution is -2.31. The molecular formula is C100H97Cl7F6O24S2. The maximum atomic E-state index is 13.1. The highest BCUT2D eigenvalue weighted by molar-refractivity contribution is 7.88. The summed E-state index contributed by atoms with van der Waals surface area (Å²) in [5.41, 5.74) is -8.13. The SMILES string of the molecule is CC(=O)Cc1ccc(Cl)cc1.CCOC(=O)C(=O)c1c(C)cc2ccc(Cl)cc2c1-c1ccc(Cl)cc1.CCOC(=O)C(=O)c1c(C)cc2ccc(Cl)cc2c1OS(=O)(=O)C(F)(F)F.CCOC(=O)C(O)c1c(C)cc2ccc(Cl)cc2c1O.CCOC(=O)C(OC(C)(C)C)c1c(C)cc2ccc(Cl)cc2c1O.CCOC(=O)C(OC(C)(C)C)c1c(C)cc2ccc(Cl)cc2c1OS(=O)(=O)C(F)(F)F. The monoisotopic (exact) mass is 2100 g/mol. The first kappa shape index (κ1) is 115. The Morgan fingerprint density at radius 1 is 0.360 bits per heavy atom. The molecule has 3 unspecified atom stereocenters. The molecule has 12 aromatic rings. The van der Waals surface area contributed by atoms with Crippen molar-refractivity contribution >= 4 is 203 Å². The third kappa shape index (κ3) is 30.5. The second-order valence-corrected chi connectivity index (χ2v) is 38.6. The van der Waals surface area contributed by atoms with Crippen molar-refractivity contribution in [3.05, 3.63) is 266 Å². The van der Waals surface area contributed by atoms with Crippen LogP contribution in [-0.2, 0) is 88.6 Å². The van der Waals surface area contributed by atoms with Crippen molar-refractivity contribution in [3.8, 4) is 34.1 Å². The van der Waals surface area contributed by atoms with Gasteiger partial charge in [0.15, 0.2) is 29.8 Å². The van der Waals surface area contributed by atoms with Gasteiger partial charge < -0.3 is 56.8 Å². The molecule has 0 aromatic heterocycles. The number of esters is 5. The minimum atomic E-state index is -6.11. The Hall–Kier alpha value is -11.1. The summed E-state index contributed by atoms with van der Waals surface area (Å²) in [6.45, 7) is 28.5. The molecule has 39 heteroatoms. The van der Waals surface area contributed by atoms with E-state index in [1.165, 1.54) is 57.2 Å². The third-order valence-corrected chi connectivity index (χ3v) is 23.2. The average Bonchev–Trinajstić information content (AvgIpc) is 0.766. The minimum Gasteiger partial charge on any atom is -0.507 e. The zero-order chi connectivity index (χ0) is 104. The number of carbonyl (C=O) groups excluding carboxylic acids is 8. The first-order chi connectivity index (χ1) is 64.6. The fourth-order valence-corrected chi connectivity index (χ4v) is 16.0. The Bertz CT molecular complexity index is 6870. The highest BCUT2D eigenvalue weighted by Crippen LogP contribution is 2.47. The molecule has 0 radical (unpaired) electrons. The molecule has 12 rings (SSSR count). The van der Waals surface area contributed by atoms with Crippen LogP contribution in [0, 0.1) is 34.6 Å². The second kappa shape index (κ2) is 48.9. The molecule has 744 valence electrons. The number of aliphatic hydroxyl groups excluding tert-OH is 1. The van der Waals surface area contributed by atoms with Crippen molar-refractivity contribution in [2.45, 2.75) is 165 Å². The molecule has 0 bridgehead atoms. The van der Waals surface area contributed by atoms with E-state index in [0.717, 1.165) is 44.3 Å². The summed E-state index contributed by atoms with van der Waals surface area (Å²) >= 11 is 41.6. The fraction of sp³-hybridized carbons (Fsp3) is 0.300. The van der Waals surface area contributed by atoms with Crippen LogP contribution in [0.2, 0.25) is 35.2 Å². The number of rotatable bonds is 24. The van der Waals surface area contributed by atoms with Crippen LogP contribution in [0.3, 0.4) is 0 Å². The average molecular weight is 2110 g/mol. The lowest BCUT2D eigenvalue weighted by Gasteiger charge is -2.29. The lowest BCUT2D eigenvalue weighted by molar-refractivity contribution is -0.167. The summed E-state index contributed by atoms with van der Waals surface area (Å²) in [4.78, 5) is 96.5. The number of ketones is 3. The first-order valence-corrected chi connectivity index (χ1v) is 47.6. The molecule has 0 saturated heterocycles. The predicted molar refractivity (Wildman–Crippen MR) is 523 cm³/mol. The highest BCUT2D eigenvalue weighted by Gasteiger charge is 2.51. The van der Waals surface area contributed by atoms with Crippen LogP contribution >= 0.6 is 81.2 Å². The number of aliphatic hydroxyl groups is 1. The number of phenolic OH excluding ortho intramolecular Hbond substituents is 2. The standard InChI is InChI=1S/C21H16Cl2O3.C20H22ClF3O6S.C19H23ClO4.C16H12ClF3O6S.C15H15ClO4.C9H9ClO/c1-3-26-21(25)20(24)18-12(2)10-14-6-9-16(23)11-17(14)19(18)13-4-7-15(22)8-5-13;1-6-28-18(25)17(29-19(3,4)5)15-11(2)9-12-7-8-13(21)10-14(12)16(15)30-31(26,27)20(22,23)24;1-6-23-18(22)17(24-19(3,4)5)15-11(2)9-12-7-8-13(20)10-14(12)16(15)21;1-3-25-15(22)13(21)12-8(2)6-9-4-5-10(17)7-11(9)14(12)26-27(23,24)16(18,19)20;1-3-20-15(19)14(18)12-8(2)6-9-4-5-10(16)7-11(9)13(12)17;1-7(11)6-8-2-4-9(10)5-3-8/h4-11H,3H2,1-2H3;7-10,17H,6H2,1-5H3;7-10,17,21H,6H2,1-5H3;4-7H,3H2,1-2H3;4-7,14,17-18H,3H2,1-2H3;2-5H,6H2,1H3. The van der Waals surface area contributed by atoms with Crippen molar-refractivity contribution in [3.63, 3.8) is 0 Å². The predicted octanol–water partition coefficient (Wildman–Crippen LogP) is 25.6. The van der Waals surface area contributed by atoms with E-state index in [4.69, 9.17) is 110 Å². The number of benzene rings is 12. The van der Waals surface area contributed by atoms with Crippen molar-refractivity contribution in [2.75, 3.05) is 33.0 Å². The Labute approximate surface area is 833 Å². The van der Waals surface area contributed by atoms with Gasteiger partial charge in [0.25, 0.3) is 11.6 Å². The van der Waals surface area contributed by atoms with E-state index in [-0.39, 0.29) is 98.8 Å². The molecule has 139 heavy (non-hydrogen) atoms. The summed E-state index contributed by atoms with van der Waals surface area (Å²) in [5.74, 6) is -8.08. The smallest absolute Gasteiger partial charge is 0.507 e. The number of alkyl halides is 6. The molecule has 0 aliphatic heterocycles. The summed E-state index contributed by atoms with van der Waals surface area (Å²) < 4.78 is 170. The van der Waals surface area contributed by atoms with Crippen molar-refractivity contribution in [1.29, 1.82) is 0 Å². The molecule has 0 fully saturated rings. The van der Waals surface area contributed by atoms with E-state index in [1.54, 1.807) is 148 Å². The molecule has 12 aromatic carbocycles. The second-order valence-electron chi connectivity index (χ2n) is 32.5. The first-order valence-electron chi connectivity index (χ1n) is 42.1. The zero-order valence-corrected chi connectivity index (χ0v) is 84.7. The number of halogens is 13. The van der Waals surface area contributed by atoms with Gasteiger partial charge in [0.2, 0.25) is 0 Å². The van der Waals surface area contributed by atoms with E-state index in [9.17, 15) is 96.9 Å². The van der Waals surface area contributed by atoms with Crippen LogP contribution in [-0.4, -0.2) is 135 Å². The van der Waals surface area contributed by atoms with Gasteiger partial charge in [0, 0.05) is 90.9 Å². The van der Waals surface area contributed by atoms with E-state index in [0.29, 0.717) is 75.5 Å². The summed E-state index contributed by atoms with van der Waals surface area (Å²) in [6.07, 6.45) is -3.58. The van der Waals surface area contributed by atoms with E-state index < -0.39 is 119 Å². The highest BCUT2D eigenvalue weighted by atomic mass is 35.5. The summed E-state index contributed by atoms with van der Waals surface area (Å²) in [5, 5.41) is 38.9. The number of ether oxygens (including phenoxy) is 7. The zero-order valence-electron chi connectivity index (χ0n) is 77.8. The van der Waals surface area contributed by atoms with Crippen LogP contribution in [0.1, 0.15) is 172 Å². The fourth-order valence-electron chi connectivity index (χ4n) is 13.9. The molecule has 3 N–H and O–H groups in total. The van der Waals surface area contributed by atoms with Gasteiger partial charge in [0.05, 0.1) is 49.8 Å². The number of carbonyl (C=O) groups is 8. The van der Waals surface area contributed by atoms with Gasteiger partial charge in [-0.1, -0.05) is 166 Å². The van der Waals surface area contributed by atoms with Crippen molar-refractivity contribution in [2.24, 2.45) is 0 Å².